The molecule has 1 aromatic rings. The van der Waals surface area contributed by atoms with E-state index >= 15 is 0 Å². The molecule has 0 saturated carbocycles. The highest BCUT2D eigenvalue weighted by atomic mass is 19.4. The van der Waals surface area contributed by atoms with E-state index in [1.54, 1.807) is 18.2 Å². The molecule has 4 nitrogen and oxygen atoms in total. The molecule has 0 atom stereocenters. The fourth-order valence-corrected chi connectivity index (χ4v) is 1.56. The van der Waals surface area contributed by atoms with E-state index < -0.39 is 18.6 Å². The molecule has 0 spiro atoms. The van der Waals surface area contributed by atoms with Crippen molar-refractivity contribution in [1.82, 2.24) is 5.32 Å². The molecule has 112 valence electrons. The van der Waals surface area contributed by atoms with E-state index in [-0.39, 0.29) is 6.42 Å². The van der Waals surface area contributed by atoms with Gasteiger partial charge in [-0.05, 0) is 24.1 Å². The van der Waals surface area contributed by atoms with Crippen LogP contribution in [0, 0.1) is 0 Å². The van der Waals surface area contributed by atoms with E-state index in [0.29, 0.717) is 17.9 Å². The normalized spacial score (nSPS) is 11.1. The fraction of sp³-hybridized carbons (Fsp3) is 0.462. The van der Waals surface area contributed by atoms with Crippen LogP contribution in [0.25, 0.3) is 0 Å². The third-order valence-electron chi connectivity index (χ3n) is 2.54. The minimum Gasteiger partial charge on any atom is -0.497 e. The average Bonchev–Trinajstić information content (AvgIpc) is 2.41. The predicted octanol–water partition coefficient (Wildman–Crippen LogP) is 2.31. The zero-order chi connectivity index (χ0) is 15.2. The number of nitrogens with one attached hydrogen (secondary N) is 1. The Hall–Kier alpha value is -1.92. The van der Waals surface area contributed by atoms with Gasteiger partial charge in [-0.1, -0.05) is 0 Å². The quantitative estimate of drug-likeness (QED) is 0.875. The van der Waals surface area contributed by atoms with Gasteiger partial charge in [0.25, 0.3) is 0 Å². The van der Waals surface area contributed by atoms with Gasteiger partial charge in [0.05, 0.1) is 14.2 Å². The predicted molar refractivity (Wildman–Crippen MR) is 66.9 cm³/mol. The zero-order valence-electron chi connectivity index (χ0n) is 11.2. The van der Waals surface area contributed by atoms with Gasteiger partial charge in [-0.3, -0.25) is 4.79 Å². The second-order valence-corrected chi connectivity index (χ2v) is 4.11. The van der Waals surface area contributed by atoms with Gasteiger partial charge in [0, 0.05) is 12.5 Å². The lowest BCUT2D eigenvalue weighted by molar-refractivity contribution is -0.138. The van der Waals surface area contributed by atoms with Crippen LogP contribution in [0.1, 0.15) is 12.0 Å². The van der Waals surface area contributed by atoms with Crippen molar-refractivity contribution in [1.29, 1.82) is 0 Å². The summed E-state index contributed by atoms with van der Waals surface area (Å²) in [5.41, 5.74) is 0.753. The van der Waals surface area contributed by atoms with E-state index in [2.05, 4.69) is 0 Å². The number of alkyl halides is 3. The molecule has 1 aromatic carbocycles. The van der Waals surface area contributed by atoms with Crippen LogP contribution >= 0.6 is 0 Å². The number of benzene rings is 1. The fourth-order valence-electron chi connectivity index (χ4n) is 1.56. The smallest absolute Gasteiger partial charge is 0.405 e. The lowest BCUT2D eigenvalue weighted by Gasteiger charge is -2.10. The van der Waals surface area contributed by atoms with Crippen molar-refractivity contribution >= 4 is 5.91 Å². The number of carbonyl (C=O) groups is 1. The van der Waals surface area contributed by atoms with Crippen molar-refractivity contribution in [3.63, 3.8) is 0 Å². The first-order valence-corrected chi connectivity index (χ1v) is 5.89. The Morgan fingerprint density at radius 1 is 1.15 bits per heavy atom. The van der Waals surface area contributed by atoms with Gasteiger partial charge in [0.1, 0.15) is 18.0 Å². The summed E-state index contributed by atoms with van der Waals surface area (Å²) in [5.74, 6) is 0.481. The van der Waals surface area contributed by atoms with E-state index in [1.165, 1.54) is 14.2 Å². The van der Waals surface area contributed by atoms with Crippen molar-refractivity contribution in [2.45, 2.75) is 19.0 Å². The Labute approximate surface area is 114 Å². The second-order valence-electron chi connectivity index (χ2n) is 4.11. The number of halogens is 3. The highest BCUT2D eigenvalue weighted by Gasteiger charge is 2.27. The number of ether oxygens (including phenoxy) is 2. The summed E-state index contributed by atoms with van der Waals surface area (Å²) < 4.78 is 45.9. The lowest BCUT2D eigenvalue weighted by atomic mass is 10.1. The van der Waals surface area contributed by atoms with Gasteiger partial charge < -0.3 is 14.8 Å². The molecule has 0 aliphatic heterocycles. The largest absolute Gasteiger partial charge is 0.497 e. The van der Waals surface area contributed by atoms with E-state index in [0.717, 1.165) is 5.56 Å². The Balaban J connectivity index is 2.54. The van der Waals surface area contributed by atoms with Crippen LogP contribution in [-0.2, 0) is 11.2 Å². The molecule has 1 rings (SSSR count). The van der Waals surface area contributed by atoms with E-state index in [4.69, 9.17) is 9.47 Å². The topological polar surface area (TPSA) is 47.6 Å². The summed E-state index contributed by atoms with van der Waals surface area (Å²) in [6, 6.07) is 5.09. The molecule has 1 N–H and O–H groups in total. The number of carbonyl (C=O) groups excluding carboxylic acids is 1. The molecule has 0 aliphatic carbocycles. The van der Waals surface area contributed by atoms with Crippen LogP contribution in [-0.4, -0.2) is 32.8 Å². The molecule has 0 radical (unpaired) electrons. The Morgan fingerprint density at radius 3 is 2.15 bits per heavy atom. The summed E-state index contributed by atoms with van der Waals surface area (Å²) in [6.45, 7) is -1.31. The maximum atomic E-state index is 11.9. The number of hydrogen-bond donors (Lipinski definition) is 1. The number of aryl methyl sites for hydroxylation is 1. The van der Waals surface area contributed by atoms with Crippen LogP contribution in [0.15, 0.2) is 18.2 Å². The monoisotopic (exact) mass is 291 g/mol. The maximum absolute atomic E-state index is 11.9. The Kier molecular flexibility index (Phi) is 5.66. The van der Waals surface area contributed by atoms with Crippen LogP contribution in [0.2, 0.25) is 0 Å². The molecule has 0 saturated heterocycles. The summed E-state index contributed by atoms with van der Waals surface area (Å²) in [6.07, 6.45) is -4.13. The SMILES string of the molecule is COc1cc(CCC(=O)NCC(F)(F)F)cc(OC)c1. The van der Waals surface area contributed by atoms with Gasteiger partial charge in [0.15, 0.2) is 0 Å². The Bertz CT molecular complexity index is 438. The molecule has 7 heteroatoms. The third kappa shape index (κ3) is 5.81. The van der Waals surface area contributed by atoms with Crippen molar-refractivity contribution in [2.75, 3.05) is 20.8 Å². The van der Waals surface area contributed by atoms with Crippen LogP contribution in [0.3, 0.4) is 0 Å². The molecule has 0 unspecified atom stereocenters. The van der Waals surface area contributed by atoms with Crippen molar-refractivity contribution in [3.8, 4) is 11.5 Å². The first-order valence-electron chi connectivity index (χ1n) is 5.89. The molecule has 0 fully saturated rings. The van der Waals surface area contributed by atoms with Gasteiger partial charge in [0.2, 0.25) is 5.91 Å². The second kappa shape index (κ2) is 7.02. The zero-order valence-corrected chi connectivity index (χ0v) is 11.2. The van der Waals surface area contributed by atoms with Crippen molar-refractivity contribution in [2.24, 2.45) is 0 Å². The van der Waals surface area contributed by atoms with Crippen LogP contribution < -0.4 is 14.8 Å². The minimum atomic E-state index is -4.39. The summed E-state index contributed by atoms with van der Waals surface area (Å²) in [5, 5.41) is 1.82. The van der Waals surface area contributed by atoms with Crippen LogP contribution in [0.4, 0.5) is 13.2 Å². The molecule has 0 aromatic heterocycles. The number of rotatable bonds is 6. The first kappa shape index (κ1) is 16.1. The first-order chi connectivity index (χ1) is 9.34. The average molecular weight is 291 g/mol. The van der Waals surface area contributed by atoms with E-state index in [1.807, 2.05) is 5.32 Å². The molecular weight excluding hydrogens is 275 g/mol. The van der Waals surface area contributed by atoms with Gasteiger partial charge in [-0.25, -0.2) is 0 Å². The van der Waals surface area contributed by atoms with Crippen molar-refractivity contribution < 1.29 is 27.4 Å². The molecular formula is C13H16F3NO3. The molecule has 0 heterocycles. The minimum absolute atomic E-state index is 0.0353. The van der Waals surface area contributed by atoms with Crippen molar-refractivity contribution in [3.05, 3.63) is 23.8 Å². The molecule has 20 heavy (non-hydrogen) atoms. The van der Waals surface area contributed by atoms with Gasteiger partial charge >= 0.3 is 6.18 Å². The number of methoxy groups -OCH3 is 2. The molecule has 1 amide bonds. The summed E-state index contributed by atoms with van der Waals surface area (Å²) in [7, 11) is 2.99. The highest BCUT2D eigenvalue weighted by molar-refractivity contribution is 5.76. The molecule has 0 bridgehead atoms. The van der Waals surface area contributed by atoms with Gasteiger partial charge in [-0.15, -0.1) is 0 Å². The lowest BCUT2D eigenvalue weighted by Crippen LogP contribution is -2.33. The highest BCUT2D eigenvalue weighted by Crippen LogP contribution is 2.23. The molecule has 0 aliphatic rings. The summed E-state index contributed by atoms with van der Waals surface area (Å²) in [4.78, 5) is 11.3. The van der Waals surface area contributed by atoms with Crippen LogP contribution in [0.5, 0.6) is 11.5 Å². The van der Waals surface area contributed by atoms with Gasteiger partial charge in [-0.2, -0.15) is 13.2 Å². The summed E-state index contributed by atoms with van der Waals surface area (Å²) >= 11 is 0. The third-order valence-corrected chi connectivity index (χ3v) is 2.54. The maximum Gasteiger partial charge on any atom is 0.405 e. The number of hydrogen-bond acceptors (Lipinski definition) is 3. The standard InChI is InChI=1S/C13H16F3NO3/c1-19-10-5-9(6-11(7-10)20-2)3-4-12(18)17-8-13(14,15)16/h5-7H,3-4,8H2,1-2H3,(H,17,18). The number of amides is 1. The Morgan fingerprint density at radius 2 is 1.70 bits per heavy atom. The van der Waals surface area contributed by atoms with E-state index in [9.17, 15) is 18.0 Å².